The van der Waals surface area contributed by atoms with Gasteiger partial charge in [-0.15, -0.1) is 0 Å². The van der Waals surface area contributed by atoms with Gasteiger partial charge in [0.05, 0.1) is 17.0 Å². The lowest BCUT2D eigenvalue weighted by Crippen LogP contribution is -2.49. The highest BCUT2D eigenvalue weighted by Gasteiger charge is 2.46. The zero-order valence-corrected chi connectivity index (χ0v) is 16.9. The minimum absolute atomic E-state index is 0.141. The van der Waals surface area contributed by atoms with Crippen molar-refractivity contribution in [1.29, 1.82) is 0 Å². The molecule has 7 heteroatoms. The highest BCUT2D eigenvalue weighted by molar-refractivity contribution is 6.05. The van der Waals surface area contributed by atoms with E-state index in [0.29, 0.717) is 22.5 Å². The highest BCUT2D eigenvalue weighted by Crippen LogP contribution is 2.48. The third kappa shape index (κ3) is 2.68. The fraction of sp³-hybridized carbons (Fsp3) is 0.435. The van der Waals surface area contributed by atoms with Crippen LogP contribution < -0.4 is 15.6 Å². The average Bonchev–Trinajstić information content (AvgIpc) is 3.52. The van der Waals surface area contributed by atoms with Gasteiger partial charge >= 0.3 is 0 Å². The third-order valence-electron chi connectivity index (χ3n) is 6.84. The maximum absolute atomic E-state index is 13.5. The van der Waals surface area contributed by atoms with Gasteiger partial charge in [-0.3, -0.25) is 19.4 Å². The van der Waals surface area contributed by atoms with Crippen LogP contribution in [0.4, 0.5) is 0 Å². The fourth-order valence-corrected chi connectivity index (χ4v) is 4.91. The average molecular weight is 404 g/mol. The molecule has 1 unspecified atom stereocenters. The van der Waals surface area contributed by atoms with Crippen molar-refractivity contribution in [1.82, 2.24) is 20.1 Å². The fourth-order valence-electron chi connectivity index (χ4n) is 4.91. The zero-order chi connectivity index (χ0) is 20.5. The Morgan fingerprint density at radius 2 is 2.10 bits per heavy atom. The third-order valence-corrected chi connectivity index (χ3v) is 6.84. The summed E-state index contributed by atoms with van der Waals surface area (Å²) in [6, 6.07) is 9.60. The van der Waals surface area contributed by atoms with Crippen molar-refractivity contribution in [2.75, 3.05) is 0 Å². The summed E-state index contributed by atoms with van der Waals surface area (Å²) in [5.74, 6) is 1.01. The van der Waals surface area contributed by atoms with E-state index in [-0.39, 0.29) is 23.1 Å². The van der Waals surface area contributed by atoms with E-state index in [2.05, 4.69) is 15.4 Å². The van der Waals surface area contributed by atoms with E-state index in [1.807, 2.05) is 30.3 Å². The summed E-state index contributed by atoms with van der Waals surface area (Å²) in [4.78, 5) is 30.7. The molecule has 3 heterocycles. The van der Waals surface area contributed by atoms with Crippen LogP contribution in [0.1, 0.15) is 72.1 Å². The van der Waals surface area contributed by atoms with Gasteiger partial charge < -0.3 is 10.1 Å². The summed E-state index contributed by atoms with van der Waals surface area (Å²) in [5, 5.41) is 6.33. The Morgan fingerprint density at radius 3 is 2.83 bits per heavy atom. The number of H-pyrrole nitrogens is 1. The van der Waals surface area contributed by atoms with E-state index < -0.39 is 0 Å². The van der Waals surface area contributed by atoms with Crippen LogP contribution in [0.2, 0.25) is 0 Å². The van der Waals surface area contributed by atoms with Crippen molar-refractivity contribution in [3.05, 3.63) is 57.5 Å². The van der Waals surface area contributed by atoms with Gasteiger partial charge in [0.15, 0.2) is 5.65 Å². The minimum atomic E-state index is -0.282. The van der Waals surface area contributed by atoms with Gasteiger partial charge in [0, 0.05) is 30.6 Å². The number of hydrogen-bond donors (Lipinski definition) is 2. The summed E-state index contributed by atoms with van der Waals surface area (Å²) in [6.07, 6.45) is 6.08. The Labute approximate surface area is 173 Å². The molecule has 1 atom stereocenters. The first kappa shape index (κ1) is 17.7. The molecule has 3 aliphatic rings. The highest BCUT2D eigenvalue weighted by atomic mass is 16.5. The standard InChI is InChI=1S/C23H24N4O3/c1-27-20-19(22(29)26-27)15(11-16(24-20)13-7-8-13)21(28)25-17-12-23(9-4-10-23)30-18-6-3-2-5-14(17)18/h2-3,5-6,11,13,17H,4,7-10,12H2,1H3,(H,25,28)(H,26,29). The second-order valence-corrected chi connectivity index (χ2v) is 8.97. The number of amides is 1. The van der Waals surface area contributed by atoms with Crippen LogP contribution in [0.25, 0.3) is 11.0 Å². The number of aryl methyl sites for hydroxylation is 1. The largest absolute Gasteiger partial charge is 0.487 e. The van der Waals surface area contributed by atoms with Gasteiger partial charge in [-0.2, -0.15) is 0 Å². The summed E-state index contributed by atoms with van der Waals surface area (Å²) < 4.78 is 7.91. The molecule has 1 amide bonds. The number of nitrogens with zero attached hydrogens (tertiary/aromatic N) is 2. The molecule has 30 heavy (non-hydrogen) atoms. The van der Waals surface area contributed by atoms with Gasteiger partial charge in [0.2, 0.25) is 0 Å². The molecular weight excluding hydrogens is 380 g/mol. The molecule has 1 spiro atoms. The Bertz CT molecular complexity index is 1230. The van der Waals surface area contributed by atoms with Gasteiger partial charge in [-0.05, 0) is 44.2 Å². The number of fused-ring (bicyclic) bond motifs is 2. The number of para-hydroxylation sites is 1. The minimum Gasteiger partial charge on any atom is -0.487 e. The van der Waals surface area contributed by atoms with Crippen LogP contribution in [0.3, 0.4) is 0 Å². The van der Waals surface area contributed by atoms with Crippen LogP contribution in [0.5, 0.6) is 5.75 Å². The number of ether oxygens (including phenoxy) is 1. The topological polar surface area (TPSA) is 89.0 Å². The number of rotatable bonds is 3. The summed E-state index contributed by atoms with van der Waals surface area (Å²) >= 11 is 0. The molecule has 1 aromatic carbocycles. The maximum Gasteiger partial charge on any atom is 0.274 e. The number of benzene rings is 1. The molecule has 154 valence electrons. The normalized spacial score (nSPS) is 21.7. The first-order valence-corrected chi connectivity index (χ1v) is 10.7. The van der Waals surface area contributed by atoms with Crippen LogP contribution in [-0.4, -0.2) is 26.3 Å². The predicted octanol–water partition coefficient (Wildman–Crippen LogP) is 3.32. The lowest BCUT2D eigenvalue weighted by molar-refractivity contribution is -0.0360. The molecule has 0 saturated heterocycles. The van der Waals surface area contributed by atoms with Gasteiger partial charge in [-0.1, -0.05) is 18.2 Å². The second-order valence-electron chi connectivity index (χ2n) is 8.97. The maximum atomic E-state index is 13.5. The van der Waals surface area contributed by atoms with E-state index in [4.69, 9.17) is 4.74 Å². The lowest BCUT2D eigenvalue weighted by Gasteiger charge is -2.48. The molecule has 2 N–H and O–H groups in total. The molecule has 0 bridgehead atoms. The van der Waals surface area contributed by atoms with Crippen LogP contribution >= 0.6 is 0 Å². The smallest absolute Gasteiger partial charge is 0.274 e. The van der Waals surface area contributed by atoms with E-state index in [1.54, 1.807) is 11.7 Å². The summed E-state index contributed by atoms with van der Waals surface area (Å²) in [5.41, 5.74) is 2.38. The molecule has 2 saturated carbocycles. The molecule has 2 aromatic heterocycles. The first-order valence-electron chi connectivity index (χ1n) is 10.7. The first-order chi connectivity index (χ1) is 14.5. The number of pyridine rings is 1. The molecule has 2 fully saturated rings. The van der Waals surface area contributed by atoms with Crippen molar-refractivity contribution in [2.45, 2.75) is 56.1 Å². The second kappa shape index (κ2) is 6.20. The van der Waals surface area contributed by atoms with Crippen LogP contribution in [0, 0.1) is 0 Å². The summed E-state index contributed by atoms with van der Waals surface area (Å²) in [6.45, 7) is 0. The van der Waals surface area contributed by atoms with E-state index in [1.165, 1.54) is 0 Å². The van der Waals surface area contributed by atoms with Crippen molar-refractivity contribution in [3.63, 3.8) is 0 Å². The van der Waals surface area contributed by atoms with Crippen LogP contribution in [-0.2, 0) is 7.05 Å². The number of nitrogens with one attached hydrogen (secondary N) is 2. The summed E-state index contributed by atoms with van der Waals surface area (Å²) in [7, 11) is 1.75. The van der Waals surface area contributed by atoms with E-state index in [0.717, 1.165) is 55.5 Å². The Kier molecular flexibility index (Phi) is 3.67. The monoisotopic (exact) mass is 404 g/mol. The molecule has 0 radical (unpaired) electrons. The van der Waals surface area contributed by atoms with Gasteiger partial charge in [0.1, 0.15) is 11.4 Å². The zero-order valence-electron chi connectivity index (χ0n) is 16.9. The van der Waals surface area contributed by atoms with Gasteiger partial charge in [0.25, 0.3) is 11.5 Å². The lowest BCUT2D eigenvalue weighted by atomic mass is 9.73. The number of aromatic nitrogens is 3. The molecule has 6 rings (SSSR count). The number of carbonyl (C=O) groups is 1. The number of aromatic amines is 1. The molecule has 3 aromatic rings. The van der Waals surface area contributed by atoms with E-state index in [9.17, 15) is 9.59 Å². The Hall–Kier alpha value is -3.09. The number of hydrogen-bond acceptors (Lipinski definition) is 4. The number of carbonyl (C=O) groups excluding carboxylic acids is 1. The molecule has 2 aliphatic carbocycles. The Balaban J connectivity index is 1.40. The van der Waals surface area contributed by atoms with Crippen molar-refractivity contribution < 1.29 is 9.53 Å². The van der Waals surface area contributed by atoms with Crippen molar-refractivity contribution in [3.8, 4) is 5.75 Å². The van der Waals surface area contributed by atoms with Crippen molar-refractivity contribution in [2.24, 2.45) is 7.05 Å². The molecular formula is C23H24N4O3. The Morgan fingerprint density at radius 1 is 1.30 bits per heavy atom. The molecule has 1 aliphatic heterocycles. The van der Waals surface area contributed by atoms with Crippen molar-refractivity contribution >= 4 is 16.9 Å². The van der Waals surface area contributed by atoms with Gasteiger partial charge in [-0.25, -0.2) is 4.98 Å². The quantitative estimate of drug-likeness (QED) is 0.701. The predicted molar refractivity (Wildman–Crippen MR) is 112 cm³/mol. The van der Waals surface area contributed by atoms with Crippen LogP contribution in [0.15, 0.2) is 35.1 Å². The van der Waals surface area contributed by atoms with E-state index >= 15 is 0 Å². The SMILES string of the molecule is Cn1[nH]c(=O)c2c(C(=O)NC3CC4(CCC4)Oc4ccccc43)cc(C3CC3)nc21. The molecule has 7 nitrogen and oxygen atoms in total.